The summed E-state index contributed by atoms with van der Waals surface area (Å²) in [7, 11) is 0. The van der Waals surface area contributed by atoms with E-state index in [1.54, 1.807) is 30.0 Å². The predicted octanol–water partition coefficient (Wildman–Crippen LogP) is 4.29. The van der Waals surface area contributed by atoms with Gasteiger partial charge in [0.05, 0.1) is 16.4 Å². The molecule has 0 atom stereocenters. The molecule has 20 heavy (non-hydrogen) atoms. The van der Waals surface area contributed by atoms with E-state index in [1.165, 1.54) is 0 Å². The van der Waals surface area contributed by atoms with Gasteiger partial charge in [-0.05, 0) is 36.1 Å². The lowest BCUT2D eigenvalue weighted by Gasteiger charge is -2.10. The fourth-order valence-electron chi connectivity index (χ4n) is 1.71. The van der Waals surface area contributed by atoms with E-state index in [1.807, 2.05) is 24.3 Å². The lowest BCUT2D eigenvalue weighted by molar-refractivity contribution is 0.102. The number of amides is 1. The molecule has 0 aliphatic heterocycles. The molecule has 5 heteroatoms. The van der Waals surface area contributed by atoms with Crippen LogP contribution in [0.1, 0.15) is 17.3 Å². The van der Waals surface area contributed by atoms with Crippen molar-refractivity contribution in [3.63, 3.8) is 0 Å². The van der Waals surface area contributed by atoms with Crippen LogP contribution in [0.15, 0.2) is 47.4 Å². The van der Waals surface area contributed by atoms with Crippen LogP contribution in [0.25, 0.3) is 0 Å². The summed E-state index contributed by atoms with van der Waals surface area (Å²) in [6.45, 7) is 2.07. The molecule has 2 rings (SSSR count). The maximum absolute atomic E-state index is 12.2. The second kappa shape index (κ2) is 6.68. The Morgan fingerprint density at radius 3 is 2.75 bits per heavy atom. The van der Waals surface area contributed by atoms with Crippen molar-refractivity contribution < 1.29 is 4.79 Å². The molecule has 3 N–H and O–H groups in total. The zero-order valence-corrected chi connectivity index (χ0v) is 12.6. The molecule has 0 aliphatic carbocycles. The molecule has 2 aromatic rings. The molecule has 0 aliphatic rings. The number of anilines is 2. The summed E-state index contributed by atoms with van der Waals surface area (Å²) >= 11 is 7.62. The van der Waals surface area contributed by atoms with Crippen molar-refractivity contribution in [3.05, 3.63) is 53.1 Å². The molecule has 0 unspecified atom stereocenters. The second-order valence-corrected chi connectivity index (χ2v) is 5.83. The zero-order chi connectivity index (χ0) is 14.5. The highest BCUT2D eigenvalue weighted by atomic mass is 35.5. The fraction of sp³-hybridized carbons (Fsp3) is 0.133. The molecule has 3 nitrogen and oxygen atoms in total. The molecule has 0 fully saturated rings. The maximum atomic E-state index is 12.2. The van der Waals surface area contributed by atoms with Gasteiger partial charge in [-0.3, -0.25) is 4.79 Å². The van der Waals surface area contributed by atoms with E-state index in [9.17, 15) is 4.79 Å². The third-order valence-corrected chi connectivity index (χ3v) is 3.98. The van der Waals surface area contributed by atoms with Crippen molar-refractivity contribution in [2.75, 3.05) is 16.8 Å². The number of hydrogen-bond acceptors (Lipinski definition) is 3. The molecule has 0 bridgehead atoms. The van der Waals surface area contributed by atoms with E-state index in [-0.39, 0.29) is 5.91 Å². The molecule has 0 heterocycles. The highest BCUT2D eigenvalue weighted by Gasteiger charge is 2.10. The van der Waals surface area contributed by atoms with E-state index in [2.05, 4.69) is 12.2 Å². The average Bonchev–Trinajstić information content (AvgIpc) is 2.44. The van der Waals surface area contributed by atoms with Gasteiger partial charge in [0.25, 0.3) is 5.91 Å². The average molecular weight is 307 g/mol. The third-order valence-electron chi connectivity index (χ3n) is 2.70. The van der Waals surface area contributed by atoms with Crippen molar-refractivity contribution in [2.24, 2.45) is 0 Å². The van der Waals surface area contributed by atoms with Gasteiger partial charge in [0.2, 0.25) is 0 Å². The first kappa shape index (κ1) is 14.8. The molecule has 1 amide bonds. The minimum atomic E-state index is -0.198. The fourth-order valence-corrected chi connectivity index (χ4v) is 2.66. The van der Waals surface area contributed by atoms with Crippen LogP contribution in [0.4, 0.5) is 11.4 Å². The van der Waals surface area contributed by atoms with E-state index in [0.29, 0.717) is 16.3 Å². The van der Waals surface area contributed by atoms with Crippen molar-refractivity contribution in [3.8, 4) is 0 Å². The van der Waals surface area contributed by atoms with Gasteiger partial charge in [-0.1, -0.05) is 30.7 Å². The summed E-state index contributed by atoms with van der Waals surface area (Å²) in [5.41, 5.74) is 7.39. The smallest absolute Gasteiger partial charge is 0.255 e. The van der Waals surface area contributed by atoms with E-state index >= 15 is 0 Å². The number of nitrogens with two attached hydrogens (primary N) is 1. The van der Waals surface area contributed by atoms with Crippen molar-refractivity contribution in [2.45, 2.75) is 11.8 Å². The van der Waals surface area contributed by atoms with E-state index in [0.717, 1.165) is 16.3 Å². The number of nitrogens with one attached hydrogen (secondary N) is 1. The molecule has 0 saturated heterocycles. The molecular formula is C15H15ClN2OS. The quantitative estimate of drug-likeness (QED) is 0.654. The third kappa shape index (κ3) is 3.46. The van der Waals surface area contributed by atoms with Gasteiger partial charge in [0.1, 0.15) is 0 Å². The number of hydrogen-bond donors (Lipinski definition) is 2. The number of para-hydroxylation sites is 1. The number of carbonyl (C=O) groups is 1. The molecular weight excluding hydrogens is 292 g/mol. The van der Waals surface area contributed by atoms with Crippen LogP contribution >= 0.6 is 23.4 Å². The molecule has 0 radical (unpaired) electrons. The SMILES string of the molecule is CCSc1ccccc1NC(=O)c1ccc(N)c(Cl)c1. The lowest BCUT2D eigenvalue weighted by Crippen LogP contribution is -2.12. The Kier molecular flexibility index (Phi) is 4.93. The summed E-state index contributed by atoms with van der Waals surface area (Å²) in [4.78, 5) is 13.3. The van der Waals surface area contributed by atoms with Crippen LogP contribution in [0, 0.1) is 0 Å². The monoisotopic (exact) mass is 306 g/mol. The van der Waals surface area contributed by atoms with Crippen molar-refractivity contribution in [1.29, 1.82) is 0 Å². The van der Waals surface area contributed by atoms with Gasteiger partial charge in [-0.2, -0.15) is 0 Å². The van der Waals surface area contributed by atoms with Crippen LogP contribution < -0.4 is 11.1 Å². The van der Waals surface area contributed by atoms with Crippen LogP contribution in [0.3, 0.4) is 0 Å². The van der Waals surface area contributed by atoms with Gasteiger partial charge in [0.15, 0.2) is 0 Å². The normalized spacial score (nSPS) is 10.3. The number of nitrogen functional groups attached to an aromatic ring is 1. The van der Waals surface area contributed by atoms with Crippen molar-refractivity contribution >= 4 is 40.6 Å². The summed E-state index contributed by atoms with van der Waals surface area (Å²) in [5, 5.41) is 3.28. The number of carbonyl (C=O) groups excluding carboxylic acids is 1. The molecule has 0 saturated carbocycles. The first-order valence-corrected chi connectivity index (χ1v) is 7.56. The first-order valence-electron chi connectivity index (χ1n) is 6.20. The van der Waals surface area contributed by atoms with Gasteiger partial charge in [-0.15, -0.1) is 11.8 Å². The lowest BCUT2D eigenvalue weighted by atomic mass is 10.2. The van der Waals surface area contributed by atoms with Gasteiger partial charge >= 0.3 is 0 Å². The van der Waals surface area contributed by atoms with E-state index < -0.39 is 0 Å². The topological polar surface area (TPSA) is 55.1 Å². The Bertz CT molecular complexity index is 631. The maximum Gasteiger partial charge on any atom is 0.255 e. The van der Waals surface area contributed by atoms with Gasteiger partial charge in [-0.25, -0.2) is 0 Å². The van der Waals surface area contributed by atoms with Crippen LogP contribution in [0.2, 0.25) is 5.02 Å². The van der Waals surface area contributed by atoms with E-state index in [4.69, 9.17) is 17.3 Å². The molecule has 104 valence electrons. The Balaban J connectivity index is 2.21. The van der Waals surface area contributed by atoms with Crippen molar-refractivity contribution in [1.82, 2.24) is 0 Å². The zero-order valence-electron chi connectivity index (χ0n) is 11.0. The van der Waals surface area contributed by atoms with Crippen LogP contribution in [-0.2, 0) is 0 Å². The highest BCUT2D eigenvalue weighted by Crippen LogP contribution is 2.27. The number of rotatable bonds is 4. The standard InChI is InChI=1S/C15H15ClN2OS/c1-2-20-14-6-4-3-5-13(14)18-15(19)10-7-8-12(17)11(16)9-10/h3-9H,2,17H2,1H3,(H,18,19). The van der Waals surface area contributed by atoms with Gasteiger partial charge < -0.3 is 11.1 Å². The second-order valence-electron chi connectivity index (χ2n) is 4.12. The minimum Gasteiger partial charge on any atom is -0.398 e. The Morgan fingerprint density at radius 1 is 1.30 bits per heavy atom. The summed E-state index contributed by atoms with van der Waals surface area (Å²) < 4.78 is 0. The minimum absolute atomic E-state index is 0.198. The summed E-state index contributed by atoms with van der Waals surface area (Å²) in [6, 6.07) is 12.6. The summed E-state index contributed by atoms with van der Waals surface area (Å²) in [6.07, 6.45) is 0. The largest absolute Gasteiger partial charge is 0.398 e. The number of thioether (sulfide) groups is 1. The number of halogens is 1. The molecule has 2 aromatic carbocycles. The number of benzene rings is 2. The first-order chi connectivity index (χ1) is 9.61. The van der Waals surface area contributed by atoms with Crippen LogP contribution in [0.5, 0.6) is 0 Å². The molecule has 0 aromatic heterocycles. The predicted molar refractivity (Wildman–Crippen MR) is 86.7 cm³/mol. The Morgan fingerprint density at radius 2 is 2.05 bits per heavy atom. The van der Waals surface area contributed by atoms with Gasteiger partial charge in [0, 0.05) is 10.5 Å². The summed E-state index contributed by atoms with van der Waals surface area (Å²) in [5.74, 6) is 0.747. The Hall–Kier alpha value is -1.65. The van der Waals surface area contributed by atoms with Crippen LogP contribution in [-0.4, -0.2) is 11.7 Å². The molecule has 0 spiro atoms. The Labute approximate surface area is 127 Å². The highest BCUT2D eigenvalue weighted by molar-refractivity contribution is 7.99.